The lowest BCUT2D eigenvalue weighted by atomic mass is 10.1. The fraction of sp³-hybridized carbons (Fsp3) is 0.280. The Kier molecular flexibility index (Phi) is 9.25. The molecule has 0 unspecified atom stereocenters. The third-order valence-electron chi connectivity index (χ3n) is 5.23. The average Bonchev–Trinajstić information content (AvgIpc) is 3.39. The second-order valence-electron chi connectivity index (χ2n) is 8.59. The van der Waals surface area contributed by atoms with Crippen molar-refractivity contribution in [1.29, 1.82) is 0 Å². The Morgan fingerprint density at radius 2 is 1.78 bits per heavy atom. The molecule has 0 aliphatic heterocycles. The highest BCUT2D eigenvalue weighted by atomic mass is 35.5. The van der Waals surface area contributed by atoms with Crippen LogP contribution in [0.4, 0.5) is 4.39 Å². The lowest BCUT2D eigenvalue weighted by Gasteiger charge is -2.14. The molecule has 2 heterocycles. The topological polar surface area (TPSA) is 117 Å². The van der Waals surface area contributed by atoms with Crippen LogP contribution >= 0.6 is 23.2 Å². The van der Waals surface area contributed by atoms with Crippen molar-refractivity contribution in [3.8, 4) is 17.1 Å². The van der Waals surface area contributed by atoms with Crippen LogP contribution in [0.1, 0.15) is 31.9 Å². The first kappa shape index (κ1) is 28.1. The smallest absolute Gasteiger partial charge is 0.346 e. The van der Waals surface area contributed by atoms with Crippen molar-refractivity contribution in [2.45, 2.75) is 45.6 Å². The normalized spacial score (nSPS) is 11.2. The summed E-state index contributed by atoms with van der Waals surface area (Å²) in [5.41, 5.74) is 5.36. The number of alkyl halides is 1. The van der Waals surface area contributed by atoms with Crippen molar-refractivity contribution in [1.82, 2.24) is 29.1 Å². The summed E-state index contributed by atoms with van der Waals surface area (Å²) in [6.45, 7) is 6.17. The molecule has 2 aromatic heterocycles. The maximum Gasteiger partial charge on any atom is 0.346 e. The molecule has 4 rings (SSSR count). The van der Waals surface area contributed by atoms with Crippen molar-refractivity contribution in [2.24, 2.45) is 5.73 Å². The lowest BCUT2D eigenvalue weighted by Crippen LogP contribution is -2.28. The van der Waals surface area contributed by atoms with Gasteiger partial charge in [0, 0.05) is 17.1 Å². The van der Waals surface area contributed by atoms with Gasteiger partial charge in [-0.3, -0.25) is 4.57 Å². The summed E-state index contributed by atoms with van der Waals surface area (Å²) < 4.78 is 18.5. The summed E-state index contributed by atoms with van der Waals surface area (Å²) >= 11 is 12.3. The summed E-state index contributed by atoms with van der Waals surface area (Å²) in [4.78, 5) is 17.7. The first-order valence-electron chi connectivity index (χ1n) is 11.4. The van der Waals surface area contributed by atoms with Crippen LogP contribution in [0.25, 0.3) is 17.1 Å². The number of aliphatic hydroxyl groups excluding tert-OH is 1. The number of para-hydroxylation sites is 1. The molecule has 0 spiro atoms. The molecule has 9 nitrogen and oxygen atoms in total. The number of aliphatic hydroxyl groups is 1. The molecular formula is C25H28Cl2FN7O2. The second-order valence-corrected chi connectivity index (χ2v) is 9.43. The minimum Gasteiger partial charge on any atom is -0.516 e. The van der Waals surface area contributed by atoms with Gasteiger partial charge in [-0.2, -0.15) is 0 Å². The molecular weight excluding hydrogens is 520 g/mol. The average molecular weight is 548 g/mol. The van der Waals surface area contributed by atoms with Crippen molar-refractivity contribution in [3.05, 3.63) is 93.6 Å². The van der Waals surface area contributed by atoms with E-state index in [4.69, 9.17) is 34.0 Å². The Balaban J connectivity index is 0.00000121. The van der Waals surface area contributed by atoms with Crippen LogP contribution in [0.5, 0.6) is 0 Å². The molecule has 2 aromatic carbocycles. The zero-order valence-corrected chi connectivity index (χ0v) is 22.0. The van der Waals surface area contributed by atoms with Gasteiger partial charge in [0.05, 0.1) is 23.5 Å². The van der Waals surface area contributed by atoms with E-state index in [9.17, 15) is 9.18 Å². The minimum atomic E-state index is -1.44. The van der Waals surface area contributed by atoms with E-state index in [1.54, 1.807) is 41.1 Å². The van der Waals surface area contributed by atoms with Gasteiger partial charge in [-0.1, -0.05) is 41.9 Å². The minimum absolute atomic E-state index is 0.00982. The first-order valence-corrected chi connectivity index (χ1v) is 12.1. The number of hydrogen-bond donors (Lipinski definition) is 2. The predicted octanol–water partition coefficient (Wildman–Crippen LogP) is 4.93. The first-order chi connectivity index (χ1) is 17.6. The van der Waals surface area contributed by atoms with Gasteiger partial charge in [0.15, 0.2) is 11.6 Å². The van der Waals surface area contributed by atoms with Crippen molar-refractivity contribution >= 4 is 23.2 Å². The highest BCUT2D eigenvalue weighted by molar-refractivity contribution is 6.32. The summed E-state index contributed by atoms with van der Waals surface area (Å²) in [5, 5.41) is 17.4. The summed E-state index contributed by atoms with van der Waals surface area (Å²) in [6.07, 6.45) is 0.899. The molecule has 0 amide bonds. The molecule has 0 saturated heterocycles. The molecule has 12 heteroatoms. The van der Waals surface area contributed by atoms with E-state index < -0.39 is 11.4 Å². The molecule has 196 valence electrons. The van der Waals surface area contributed by atoms with Crippen molar-refractivity contribution in [2.75, 3.05) is 0 Å². The van der Waals surface area contributed by atoms with Gasteiger partial charge in [0.2, 0.25) is 0 Å². The molecule has 0 fully saturated rings. The van der Waals surface area contributed by atoms with Gasteiger partial charge in [0.1, 0.15) is 18.0 Å². The van der Waals surface area contributed by atoms with E-state index in [-0.39, 0.29) is 26.1 Å². The van der Waals surface area contributed by atoms with Gasteiger partial charge in [-0.25, -0.2) is 23.5 Å². The highest BCUT2D eigenvalue weighted by Crippen LogP contribution is 2.22. The molecule has 0 aliphatic rings. The van der Waals surface area contributed by atoms with E-state index >= 15 is 0 Å². The maximum absolute atomic E-state index is 14.2. The molecule has 0 atom stereocenters. The number of rotatable bonds is 8. The van der Waals surface area contributed by atoms with Crippen molar-refractivity contribution in [3.63, 3.8) is 0 Å². The standard InChI is InChI=1S/C23H24Cl2FN7O.C2H4O/c1-23(2,26)11-12-31-21(15-7-9-16(24)10-8-15)30-32(22(31)34)14-19-28-20(13-27)33(29-19)18-6-4-3-5-17(18)25;1-2-3/h3-10H,11-14,27H2,1-2H3;2-3H,1H2. The fourth-order valence-electron chi connectivity index (χ4n) is 3.48. The number of hydrogen-bond acceptors (Lipinski definition) is 6. The Bertz CT molecular complexity index is 1410. The Morgan fingerprint density at radius 1 is 1.14 bits per heavy atom. The largest absolute Gasteiger partial charge is 0.516 e. The van der Waals surface area contributed by atoms with Gasteiger partial charge in [-0.05, 0) is 56.7 Å². The zero-order chi connectivity index (χ0) is 27.2. The van der Waals surface area contributed by atoms with E-state index in [1.807, 2.05) is 12.1 Å². The number of nitrogens with two attached hydrogens (primary N) is 1. The van der Waals surface area contributed by atoms with Crippen LogP contribution in [0, 0.1) is 0 Å². The quantitative estimate of drug-likeness (QED) is 0.302. The van der Waals surface area contributed by atoms with Gasteiger partial charge >= 0.3 is 5.69 Å². The summed E-state index contributed by atoms with van der Waals surface area (Å²) in [7, 11) is 0. The van der Waals surface area contributed by atoms with E-state index in [2.05, 4.69) is 21.8 Å². The third-order valence-corrected chi connectivity index (χ3v) is 5.80. The van der Waals surface area contributed by atoms with Gasteiger partial charge < -0.3 is 10.8 Å². The number of benzene rings is 2. The number of nitrogens with zero attached hydrogens (tertiary/aromatic N) is 6. The molecule has 0 radical (unpaired) electrons. The fourth-order valence-corrected chi connectivity index (χ4v) is 3.82. The predicted molar refractivity (Wildman–Crippen MR) is 143 cm³/mol. The van der Waals surface area contributed by atoms with Crippen LogP contribution < -0.4 is 11.4 Å². The molecule has 4 aromatic rings. The monoisotopic (exact) mass is 547 g/mol. The summed E-state index contributed by atoms with van der Waals surface area (Å²) in [5.74, 6) is 1.25. The number of aromatic nitrogens is 6. The second kappa shape index (κ2) is 12.2. The van der Waals surface area contributed by atoms with Crippen LogP contribution in [0.2, 0.25) is 10.0 Å². The molecule has 0 aliphatic carbocycles. The molecule has 0 saturated carbocycles. The molecule has 0 bridgehead atoms. The summed E-state index contributed by atoms with van der Waals surface area (Å²) in [6, 6.07) is 14.2. The maximum atomic E-state index is 14.2. The van der Waals surface area contributed by atoms with Gasteiger partial charge in [0.25, 0.3) is 0 Å². The molecule has 37 heavy (non-hydrogen) atoms. The number of halogens is 3. The van der Waals surface area contributed by atoms with Crippen LogP contribution in [0.3, 0.4) is 0 Å². The van der Waals surface area contributed by atoms with Crippen LogP contribution in [-0.2, 0) is 19.6 Å². The zero-order valence-electron chi connectivity index (χ0n) is 20.5. The van der Waals surface area contributed by atoms with Gasteiger partial charge in [-0.15, -0.1) is 10.2 Å². The van der Waals surface area contributed by atoms with E-state index in [0.717, 1.165) is 6.26 Å². The lowest BCUT2D eigenvalue weighted by molar-refractivity contribution is 0.192. The SMILES string of the molecule is C=CO.CC(C)(F)CCn1c(-c2ccc(Cl)cc2)nn(Cc2nc(CN)n(-c3ccccc3Cl)n2)c1=O. The Hall–Kier alpha value is -3.47. The molecule has 3 N–H and O–H groups in total. The Labute approximate surface area is 223 Å². The van der Waals surface area contributed by atoms with E-state index in [0.29, 0.717) is 38.8 Å². The van der Waals surface area contributed by atoms with E-state index in [1.165, 1.54) is 23.1 Å². The third kappa shape index (κ3) is 7.06. The van der Waals surface area contributed by atoms with Crippen LogP contribution in [-0.4, -0.2) is 39.9 Å². The van der Waals surface area contributed by atoms with Crippen LogP contribution in [0.15, 0.2) is 66.2 Å². The highest BCUT2D eigenvalue weighted by Gasteiger charge is 2.22. The Morgan fingerprint density at radius 3 is 2.38 bits per heavy atom. The van der Waals surface area contributed by atoms with Crippen molar-refractivity contribution < 1.29 is 9.50 Å².